The van der Waals surface area contributed by atoms with Gasteiger partial charge in [0.05, 0.1) is 0 Å². The van der Waals surface area contributed by atoms with Gasteiger partial charge in [-0.1, -0.05) is 24.6 Å². The smallest absolute Gasteiger partial charge is 0.223 e. The van der Waals surface area contributed by atoms with Crippen molar-refractivity contribution >= 4 is 46.8 Å². The maximum atomic E-state index is 12.4. The molecule has 2 aliphatic carbocycles. The lowest BCUT2D eigenvalue weighted by molar-refractivity contribution is -0.126. The molecule has 2 unspecified atom stereocenters. The number of carbonyl (C=O) groups is 1. The summed E-state index contributed by atoms with van der Waals surface area (Å²) < 4.78 is 5.87. The summed E-state index contributed by atoms with van der Waals surface area (Å²) in [5.41, 5.74) is 0.928. The van der Waals surface area contributed by atoms with E-state index in [0.29, 0.717) is 12.1 Å². The minimum atomic E-state index is 0. The van der Waals surface area contributed by atoms with E-state index in [-0.39, 0.29) is 35.8 Å². The van der Waals surface area contributed by atoms with Crippen LogP contribution >= 0.6 is 24.0 Å². The van der Waals surface area contributed by atoms with Crippen LogP contribution in [0, 0.1) is 5.92 Å². The summed E-state index contributed by atoms with van der Waals surface area (Å²) in [6.45, 7) is 0.748. The molecule has 1 aromatic heterocycles. The Hall–Kier alpha value is -1.77. The highest BCUT2D eigenvalue weighted by molar-refractivity contribution is 14.0. The summed E-state index contributed by atoms with van der Waals surface area (Å²) in [5, 5.41) is 11.2. The van der Waals surface area contributed by atoms with Gasteiger partial charge in [0.15, 0.2) is 5.96 Å². The van der Waals surface area contributed by atoms with Crippen LogP contribution in [0.3, 0.4) is 0 Å². The van der Waals surface area contributed by atoms with E-state index in [1.54, 1.807) is 7.05 Å². The van der Waals surface area contributed by atoms with Gasteiger partial charge in [0.1, 0.15) is 11.3 Å². The molecule has 7 heteroatoms. The number of furan rings is 1. The van der Waals surface area contributed by atoms with Crippen molar-refractivity contribution in [1.29, 1.82) is 0 Å². The normalized spacial score (nSPS) is 22.0. The number of carbonyl (C=O) groups excluding carboxylic acids is 1. The van der Waals surface area contributed by atoms with Gasteiger partial charge < -0.3 is 20.4 Å². The molecule has 2 atom stereocenters. The molecule has 6 nitrogen and oxygen atoms in total. The molecule has 2 aliphatic rings. The van der Waals surface area contributed by atoms with E-state index in [0.717, 1.165) is 74.2 Å². The highest BCUT2D eigenvalue weighted by Crippen LogP contribution is 2.26. The van der Waals surface area contributed by atoms with E-state index < -0.39 is 0 Å². The molecule has 0 aliphatic heterocycles. The van der Waals surface area contributed by atoms with Crippen molar-refractivity contribution in [1.82, 2.24) is 16.0 Å². The van der Waals surface area contributed by atoms with E-state index in [2.05, 4.69) is 33.1 Å². The molecule has 2 fully saturated rings. The van der Waals surface area contributed by atoms with Gasteiger partial charge in [-0.2, -0.15) is 0 Å². The van der Waals surface area contributed by atoms with Crippen LogP contribution in [0.5, 0.6) is 0 Å². The largest absolute Gasteiger partial charge is 0.461 e. The van der Waals surface area contributed by atoms with Crippen LogP contribution in [0.15, 0.2) is 39.7 Å². The molecule has 1 aromatic carbocycles. The first-order valence-electron chi connectivity index (χ1n) is 10.5. The van der Waals surface area contributed by atoms with Crippen LogP contribution in [0.2, 0.25) is 0 Å². The summed E-state index contributed by atoms with van der Waals surface area (Å²) in [5.74, 6) is 2.13. The fourth-order valence-electron chi connectivity index (χ4n) is 3.96. The number of nitrogens with one attached hydrogen (secondary N) is 3. The summed E-state index contributed by atoms with van der Waals surface area (Å²) >= 11 is 0. The fourth-order valence-corrected chi connectivity index (χ4v) is 3.96. The van der Waals surface area contributed by atoms with Gasteiger partial charge >= 0.3 is 0 Å². The van der Waals surface area contributed by atoms with Crippen LogP contribution in [-0.2, 0) is 11.2 Å². The number of hydrogen-bond acceptors (Lipinski definition) is 3. The molecule has 0 spiro atoms. The first kappa shape index (κ1) is 21.9. The van der Waals surface area contributed by atoms with E-state index >= 15 is 0 Å². The van der Waals surface area contributed by atoms with Gasteiger partial charge in [-0.3, -0.25) is 9.79 Å². The molecule has 0 bridgehead atoms. The first-order chi connectivity index (χ1) is 13.7. The van der Waals surface area contributed by atoms with Crippen molar-refractivity contribution in [3.05, 3.63) is 36.1 Å². The maximum absolute atomic E-state index is 12.4. The average Bonchev–Trinajstić information content (AvgIpc) is 3.43. The van der Waals surface area contributed by atoms with Crippen LogP contribution in [0.1, 0.15) is 44.3 Å². The molecule has 29 heavy (non-hydrogen) atoms. The zero-order valence-electron chi connectivity index (χ0n) is 16.9. The predicted octanol–water partition coefficient (Wildman–Crippen LogP) is 3.60. The minimum Gasteiger partial charge on any atom is -0.461 e. The molecule has 2 saturated carbocycles. The second-order valence-corrected chi connectivity index (χ2v) is 7.99. The summed E-state index contributed by atoms with van der Waals surface area (Å²) in [4.78, 5) is 16.7. The molecule has 3 N–H and O–H groups in total. The van der Waals surface area contributed by atoms with E-state index in [1.165, 1.54) is 0 Å². The zero-order valence-corrected chi connectivity index (χ0v) is 19.3. The number of guanidine groups is 1. The standard InChI is InChI=1S/C22H30N4O2.HI/c1-23-22(24-12-11-19-14-15-5-2-3-8-20(15)28-19)26-18-7-4-6-16(13-18)21(27)25-17-9-10-17;/h2-3,5,8,14,16-18H,4,6-7,9-13H2,1H3,(H,25,27)(H2,23,24,26);1H. The number of rotatable bonds is 6. The van der Waals surface area contributed by atoms with Crippen LogP contribution in [0.4, 0.5) is 0 Å². The third kappa shape index (κ3) is 6.10. The second kappa shape index (κ2) is 10.3. The lowest BCUT2D eigenvalue weighted by Crippen LogP contribution is -2.47. The van der Waals surface area contributed by atoms with Gasteiger partial charge in [-0.05, 0) is 44.2 Å². The molecular weight excluding hydrogens is 479 g/mol. The number of benzene rings is 1. The van der Waals surface area contributed by atoms with Crippen molar-refractivity contribution in [3.8, 4) is 0 Å². The van der Waals surface area contributed by atoms with Crippen LogP contribution in [-0.4, -0.2) is 37.5 Å². The number of halogens is 1. The summed E-state index contributed by atoms with van der Waals surface area (Å²) in [6, 6.07) is 10.9. The second-order valence-electron chi connectivity index (χ2n) is 7.99. The average molecular weight is 510 g/mol. The lowest BCUT2D eigenvalue weighted by atomic mass is 9.85. The third-order valence-corrected chi connectivity index (χ3v) is 5.67. The third-order valence-electron chi connectivity index (χ3n) is 5.67. The molecular formula is C22H31IN4O2. The molecule has 1 amide bonds. The highest BCUT2D eigenvalue weighted by Gasteiger charge is 2.31. The Bertz CT molecular complexity index is 813. The molecule has 0 saturated heterocycles. The molecule has 1 heterocycles. The zero-order chi connectivity index (χ0) is 19.3. The number of amides is 1. The predicted molar refractivity (Wildman–Crippen MR) is 127 cm³/mol. The Labute approximate surface area is 189 Å². The Kier molecular flexibility index (Phi) is 7.80. The monoisotopic (exact) mass is 510 g/mol. The van der Waals surface area contributed by atoms with Crippen LogP contribution in [0.25, 0.3) is 11.0 Å². The maximum Gasteiger partial charge on any atom is 0.223 e. The summed E-state index contributed by atoms with van der Waals surface area (Å²) in [7, 11) is 1.79. The number of para-hydroxylation sites is 1. The van der Waals surface area contributed by atoms with Crippen molar-refractivity contribution in [3.63, 3.8) is 0 Å². The van der Waals surface area contributed by atoms with E-state index in [4.69, 9.17) is 4.42 Å². The fraction of sp³-hybridized carbons (Fsp3) is 0.545. The quantitative estimate of drug-likeness (QED) is 0.316. The topological polar surface area (TPSA) is 78.7 Å². The van der Waals surface area contributed by atoms with Crippen molar-refractivity contribution < 1.29 is 9.21 Å². The van der Waals surface area contributed by atoms with Gasteiger partial charge in [-0.25, -0.2) is 0 Å². The number of aliphatic imine (C=N–C) groups is 1. The van der Waals surface area contributed by atoms with Gasteiger partial charge in [-0.15, -0.1) is 24.0 Å². The number of fused-ring (bicyclic) bond motifs is 1. The summed E-state index contributed by atoms with van der Waals surface area (Å²) in [6.07, 6.45) is 7.11. The van der Waals surface area contributed by atoms with Crippen molar-refractivity contribution in [2.24, 2.45) is 10.9 Å². The van der Waals surface area contributed by atoms with Gasteiger partial charge in [0, 0.05) is 43.4 Å². The van der Waals surface area contributed by atoms with Gasteiger partial charge in [0.2, 0.25) is 5.91 Å². The molecule has 0 radical (unpaired) electrons. The van der Waals surface area contributed by atoms with Crippen molar-refractivity contribution in [2.45, 2.75) is 57.0 Å². The Morgan fingerprint density at radius 3 is 2.72 bits per heavy atom. The van der Waals surface area contributed by atoms with Gasteiger partial charge in [0.25, 0.3) is 0 Å². The number of hydrogen-bond donors (Lipinski definition) is 3. The molecule has 158 valence electrons. The lowest BCUT2D eigenvalue weighted by Gasteiger charge is -2.30. The Morgan fingerprint density at radius 1 is 1.14 bits per heavy atom. The molecule has 2 aromatic rings. The molecule has 4 rings (SSSR count). The Morgan fingerprint density at radius 2 is 1.97 bits per heavy atom. The van der Waals surface area contributed by atoms with E-state index in [9.17, 15) is 4.79 Å². The van der Waals surface area contributed by atoms with Crippen LogP contribution < -0.4 is 16.0 Å². The van der Waals surface area contributed by atoms with Crippen molar-refractivity contribution in [2.75, 3.05) is 13.6 Å². The number of nitrogens with zero attached hydrogens (tertiary/aromatic N) is 1. The first-order valence-corrected chi connectivity index (χ1v) is 10.5. The Balaban J connectivity index is 0.00000240. The highest BCUT2D eigenvalue weighted by atomic mass is 127. The van der Waals surface area contributed by atoms with E-state index in [1.807, 2.05) is 18.2 Å². The minimum absolute atomic E-state index is 0. The SMILES string of the molecule is CN=C(NCCc1cc2ccccc2o1)NC1CCCC(C(=O)NC2CC2)C1.I.